The molecule has 1 rings (SSSR count). The normalized spacial score (nSPS) is 12.4. The van der Waals surface area contributed by atoms with E-state index in [-0.39, 0.29) is 5.78 Å². The first-order valence-electron chi connectivity index (χ1n) is 8.94. The number of ether oxygens (including phenoxy) is 1. The van der Waals surface area contributed by atoms with Crippen LogP contribution in [0.25, 0.3) is 0 Å². The second kappa shape index (κ2) is 10.0. The number of hydrogen-bond acceptors (Lipinski definition) is 5. The molecule has 6 heteroatoms. The minimum atomic E-state index is -0.497. The van der Waals surface area contributed by atoms with E-state index in [9.17, 15) is 9.59 Å². The van der Waals surface area contributed by atoms with Gasteiger partial charge in [0, 0.05) is 30.8 Å². The smallest absolute Gasteiger partial charge is 0.407 e. The van der Waals surface area contributed by atoms with Gasteiger partial charge in [-0.1, -0.05) is 6.92 Å². The minimum absolute atomic E-state index is 0.0693. The standard InChI is InChI=1S/C19H31N3O3/c1-6-14(2)22-17-11-10-15(13-21-17)16(23)9-7-8-12-20-18(24)25-19(3,4)5/h10-11,13-14H,6-9,12H2,1-5H3,(H,20,24)(H,21,22)/t14-/m1/s1. The van der Waals surface area contributed by atoms with Gasteiger partial charge in [-0.25, -0.2) is 9.78 Å². The summed E-state index contributed by atoms with van der Waals surface area (Å²) in [7, 11) is 0. The van der Waals surface area contributed by atoms with E-state index < -0.39 is 11.7 Å². The number of carbonyl (C=O) groups excluding carboxylic acids is 2. The van der Waals surface area contributed by atoms with Crippen molar-refractivity contribution in [2.24, 2.45) is 0 Å². The predicted octanol–water partition coefficient (Wildman–Crippen LogP) is 4.17. The summed E-state index contributed by atoms with van der Waals surface area (Å²) in [4.78, 5) is 27.9. The van der Waals surface area contributed by atoms with Gasteiger partial charge in [-0.2, -0.15) is 0 Å². The summed E-state index contributed by atoms with van der Waals surface area (Å²) in [5, 5.41) is 5.96. The molecule has 0 unspecified atom stereocenters. The maximum absolute atomic E-state index is 12.1. The molecule has 0 aliphatic carbocycles. The molecule has 6 nitrogen and oxygen atoms in total. The fourth-order valence-electron chi connectivity index (χ4n) is 2.06. The van der Waals surface area contributed by atoms with Crippen molar-refractivity contribution in [3.05, 3.63) is 23.9 Å². The molecule has 0 aliphatic heterocycles. The lowest BCUT2D eigenvalue weighted by Gasteiger charge is -2.19. The van der Waals surface area contributed by atoms with Gasteiger partial charge in [0.15, 0.2) is 5.78 Å². The lowest BCUT2D eigenvalue weighted by atomic mass is 10.1. The number of nitrogens with one attached hydrogen (secondary N) is 2. The first kappa shape index (κ1) is 20.9. The summed E-state index contributed by atoms with van der Waals surface area (Å²) in [6, 6.07) is 3.99. The van der Waals surface area contributed by atoms with Crippen LogP contribution < -0.4 is 10.6 Å². The van der Waals surface area contributed by atoms with Gasteiger partial charge in [-0.15, -0.1) is 0 Å². The van der Waals surface area contributed by atoms with Crippen LogP contribution in [0.15, 0.2) is 18.3 Å². The number of hydrogen-bond donors (Lipinski definition) is 2. The molecular formula is C19H31N3O3. The van der Waals surface area contributed by atoms with Crippen molar-refractivity contribution in [3.63, 3.8) is 0 Å². The summed E-state index contributed by atoms with van der Waals surface area (Å²) in [5.41, 5.74) is 0.123. The summed E-state index contributed by atoms with van der Waals surface area (Å²) in [5.74, 6) is 0.854. The third-order valence-corrected chi connectivity index (χ3v) is 3.59. The lowest BCUT2D eigenvalue weighted by Crippen LogP contribution is -2.33. The van der Waals surface area contributed by atoms with Crippen molar-refractivity contribution in [3.8, 4) is 0 Å². The molecule has 0 spiro atoms. The van der Waals surface area contributed by atoms with Crippen LogP contribution in [0.4, 0.5) is 10.6 Å². The number of anilines is 1. The van der Waals surface area contributed by atoms with Gasteiger partial charge in [0.25, 0.3) is 0 Å². The van der Waals surface area contributed by atoms with Gasteiger partial charge in [-0.05, 0) is 59.1 Å². The topological polar surface area (TPSA) is 80.3 Å². The van der Waals surface area contributed by atoms with Crippen molar-refractivity contribution < 1.29 is 14.3 Å². The van der Waals surface area contributed by atoms with Gasteiger partial charge >= 0.3 is 6.09 Å². The van der Waals surface area contributed by atoms with Crippen LogP contribution in [-0.2, 0) is 4.74 Å². The Hall–Kier alpha value is -2.11. The highest BCUT2D eigenvalue weighted by atomic mass is 16.6. The second-order valence-electron chi connectivity index (χ2n) is 7.19. The van der Waals surface area contributed by atoms with E-state index in [2.05, 4.69) is 29.5 Å². The number of pyridine rings is 1. The van der Waals surface area contributed by atoms with Gasteiger partial charge in [-0.3, -0.25) is 4.79 Å². The second-order valence-corrected chi connectivity index (χ2v) is 7.19. The summed E-state index contributed by atoms with van der Waals surface area (Å²) in [6.45, 7) is 10.2. The Labute approximate surface area is 150 Å². The highest BCUT2D eigenvalue weighted by molar-refractivity contribution is 5.95. The van der Waals surface area contributed by atoms with E-state index in [0.717, 1.165) is 18.7 Å². The lowest BCUT2D eigenvalue weighted by molar-refractivity contribution is 0.0527. The van der Waals surface area contributed by atoms with E-state index in [0.29, 0.717) is 31.0 Å². The van der Waals surface area contributed by atoms with Crippen molar-refractivity contribution in [1.82, 2.24) is 10.3 Å². The Balaban J connectivity index is 2.27. The number of carbonyl (C=O) groups is 2. The number of ketones is 1. The van der Waals surface area contributed by atoms with E-state index in [1.165, 1.54) is 0 Å². The van der Waals surface area contributed by atoms with E-state index in [4.69, 9.17) is 4.74 Å². The first-order valence-corrected chi connectivity index (χ1v) is 8.94. The average Bonchev–Trinajstić information content (AvgIpc) is 2.53. The number of nitrogens with zero attached hydrogens (tertiary/aromatic N) is 1. The molecule has 1 aromatic heterocycles. The number of amides is 1. The molecular weight excluding hydrogens is 318 g/mol. The van der Waals surface area contributed by atoms with E-state index >= 15 is 0 Å². The van der Waals surface area contributed by atoms with Crippen LogP contribution in [-0.4, -0.2) is 35.0 Å². The minimum Gasteiger partial charge on any atom is -0.444 e. The Morgan fingerprint density at radius 2 is 1.96 bits per heavy atom. The number of alkyl carbamates (subject to hydrolysis) is 1. The van der Waals surface area contributed by atoms with Gasteiger partial charge in [0.05, 0.1) is 0 Å². The Kier molecular flexibility index (Phi) is 8.38. The highest BCUT2D eigenvalue weighted by Crippen LogP contribution is 2.11. The number of Topliss-reactive ketones (excluding diaryl/α,β-unsaturated/α-hetero) is 1. The van der Waals surface area contributed by atoms with Gasteiger partial charge in [0.1, 0.15) is 11.4 Å². The van der Waals surface area contributed by atoms with E-state index in [1.807, 2.05) is 26.8 Å². The Morgan fingerprint density at radius 1 is 1.24 bits per heavy atom. The van der Waals surface area contributed by atoms with E-state index in [1.54, 1.807) is 12.3 Å². The van der Waals surface area contributed by atoms with Crippen LogP contribution in [0.2, 0.25) is 0 Å². The van der Waals surface area contributed by atoms with Crippen LogP contribution in [0.1, 0.15) is 70.7 Å². The molecule has 0 bridgehead atoms. The molecule has 140 valence electrons. The molecule has 0 aliphatic rings. The van der Waals surface area contributed by atoms with Crippen LogP contribution in [0, 0.1) is 0 Å². The summed E-state index contributed by atoms with van der Waals surface area (Å²) >= 11 is 0. The molecule has 1 aromatic rings. The maximum Gasteiger partial charge on any atom is 0.407 e. The van der Waals surface area contributed by atoms with Crippen LogP contribution >= 0.6 is 0 Å². The number of rotatable bonds is 9. The monoisotopic (exact) mass is 349 g/mol. The van der Waals surface area contributed by atoms with Crippen molar-refractivity contribution in [2.75, 3.05) is 11.9 Å². The van der Waals surface area contributed by atoms with Crippen LogP contribution in [0.5, 0.6) is 0 Å². The molecule has 0 saturated heterocycles. The molecule has 1 atom stereocenters. The average molecular weight is 349 g/mol. The maximum atomic E-state index is 12.1. The van der Waals surface area contributed by atoms with Crippen molar-refractivity contribution in [1.29, 1.82) is 0 Å². The predicted molar refractivity (Wildman–Crippen MR) is 100 cm³/mol. The van der Waals surface area contributed by atoms with Crippen molar-refractivity contribution >= 4 is 17.7 Å². The van der Waals surface area contributed by atoms with Crippen molar-refractivity contribution in [2.45, 2.75) is 71.9 Å². The zero-order valence-electron chi connectivity index (χ0n) is 16.0. The third kappa shape index (κ3) is 9.08. The fourth-order valence-corrected chi connectivity index (χ4v) is 2.06. The quantitative estimate of drug-likeness (QED) is 0.516. The Bertz CT molecular complexity index is 550. The Morgan fingerprint density at radius 3 is 2.52 bits per heavy atom. The molecule has 1 amide bonds. The molecule has 0 fully saturated rings. The molecule has 0 saturated carbocycles. The highest BCUT2D eigenvalue weighted by Gasteiger charge is 2.15. The molecule has 0 radical (unpaired) electrons. The third-order valence-electron chi connectivity index (χ3n) is 3.59. The summed E-state index contributed by atoms with van der Waals surface area (Å²) in [6.07, 6.45) is 4.09. The SMILES string of the molecule is CC[C@@H](C)Nc1ccc(C(=O)CCCCNC(=O)OC(C)(C)C)cn1. The molecule has 1 heterocycles. The molecule has 0 aromatic carbocycles. The number of unbranched alkanes of at least 4 members (excludes halogenated alkanes) is 1. The first-order chi connectivity index (χ1) is 11.7. The number of aromatic nitrogens is 1. The molecule has 25 heavy (non-hydrogen) atoms. The fraction of sp³-hybridized carbons (Fsp3) is 0.632. The largest absolute Gasteiger partial charge is 0.444 e. The molecule has 2 N–H and O–H groups in total. The van der Waals surface area contributed by atoms with Crippen LogP contribution in [0.3, 0.4) is 0 Å². The van der Waals surface area contributed by atoms with Gasteiger partial charge in [0.2, 0.25) is 0 Å². The zero-order chi connectivity index (χ0) is 18.9. The van der Waals surface area contributed by atoms with Gasteiger partial charge < -0.3 is 15.4 Å². The zero-order valence-corrected chi connectivity index (χ0v) is 16.0. The summed E-state index contributed by atoms with van der Waals surface area (Å²) < 4.78 is 5.15.